The van der Waals surface area contributed by atoms with Gasteiger partial charge < -0.3 is 9.64 Å². The lowest BCUT2D eigenvalue weighted by atomic mass is 10.2. The lowest BCUT2D eigenvalue weighted by Gasteiger charge is -2.20. The Bertz CT molecular complexity index is 812. The Kier molecular flexibility index (Phi) is 7.03. The highest BCUT2D eigenvalue weighted by atomic mass is 32.2. The summed E-state index contributed by atoms with van der Waals surface area (Å²) in [5, 5.41) is 3.86. The van der Waals surface area contributed by atoms with Crippen molar-refractivity contribution in [2.24, 2.45) is 5.10 Å². The van der Waals surface area contributed by atoms with Crippen LogP contribution in [-0.4, -0.2) is 34.3 Å². The van der Waals surface area contributed by atoms with Crippen molar-refractivity contribution in [2.45, 2.75) is 25.7 Å². The summed E-state index contributed by atoms with van der Waals surface area (Å²) in [4.78, 5) is 4.59. The predicted octanol–water partition coefficient (Wildman–Crippen LogP) is 3.24. The third-order valence-electron chi connectivity index (χ3n) is 3.85. The van der Waals surface area contributed by atoms with E-state index in [1.165, 1.54) is 18.3 Å². The van der Waals surface area contributed by atoms with Gasteiger partial charge in [-0.2, -0.15) is 13.5 Å². The number of benzene rings is 2. The lowest BCUT2D eigenvalue weighted by molar-refractivity contribution is 0.340. The maximum atomic E-state index is 12.2. The Morgan fingerprint density at radius 3 is 2.15 bits per heavy atom. The average Bonchev–Trinajstić information content (AvgIpc) is 2.64. The SMILES string of the molecule is CCOc1ccc(S(=O)(=O)N/N=C\c2ccc(N(CC)CC)cc2)cc1. The smallest absolute Gasteiger partial charge is 0.276 e. The van der Waals surface area contributed by atoms with Crippen LogP contribution in [0.5, 0.6) is 5.75 Å². The number of ether oxygens (including phenoxy) is 1. The van der Waals surface area contributed by atoms with E-state index in [1.54, 1.807) is 12.1 Å². The zero-order valence-electron chi connectivity index (χ0n) is 15.3. The van der Waals surface area contributed by atoms with Crippen LogP contribution < -0.4 is 14.5 Å². The summed E-state index contributed by atoms with van der Waals surface area (Å²) in [5.74, 6) is 0.628. The van der Waals surface area contributed by atoms with E-state index < -0.39 is 10.0 Å². The number of sulfonamides is 1. The van der Waals surface area contributed by atoms with E-state index >= 15 is 0 Å². The minimum atomic E-state index is -3.70. The van der Waals surface area contributed by atoms with Gasteiger partial charge in [0.1, 0.15) is 5.75 Å². The molecule has 0 saturated heterocycles. The molecule has 2 aromatic rings. The Morgan fingerprint density at radius 2 is 1.62 bits per heavy atom. The number of nitrogens with zero attached hydrogens (tertiary/aromatic N) is 2. The fraction of sp³-hybridized carbons (Fsp3) is 0.316. The van der Waals surface area contributed by atoms with E-state index in [4.69, 9.17) is 4.74 Å². The molecule has 1 N–H and O–H groups in total. The molecular formula is C19H25N3O3S. The number of hydrogen-bond acceptors (Lipinski definition) is 5. The van der Waals surface area contributed by atoms with E-state index in [0.29, 0.717) is 12.4 Å². The molecule has 0 spiro atoms. The molecule has 0 saturated carbocycles. The van der Waals surface area contributed by atoms with Gasteiger partial charge in [0.15, 0.2) is 0 Å². The van der Waals surface area contributed by atoms with Crippen molar-refractivity contribution in [3.8, 4) is 5.75 Å². The van der Waals surface area contributed by atoms with Gasteiger partial charge in [0.2, 0.25) is 0 Å². The number of nitrogens with one attached hydrogen (secondary N) is 1. The van der Waals surface area contributed by atoms with Gasteiger partial charge in [-0.05, 0) is 62.7 Å². The standard InChI is InChI=1S/C19H25N3O3S/c1-4-22(5-2)17-9-7-16(8-10-17)15-20-21-26(23,24)19-13-11-18(12-14-19)25-6-3/h7-15,21H,4-6H2,1-3H3/b20-15-. The molecule has 0 aromatic heterocycles. The number of rotatable bonds is 9. The molecule has 2 rings (SSSR count). The Morgan fingerprint density at radius 1 is 1.00 bits per heavy atom. The van der Waals surface area contributed by atoms with Crippen molar-refractivity contribution in [1.29, 1.82) is 0 Å². The van der Waals surface area contributed by atoms with Crippen LogP contribution in [0.25, 0.3) is 0 Å². The number of hydrazone groups is 1. The minimum Gasteiger partial charge on any atom is -0.494 e. The van der Waals surface area contributed by atoms with Gasteiger partial charge in [-0.15, -0.1) is 0 Å². The van der Waals surface area contributed by atoms with Gasteiger partial charge in [0.05, 0.1) is 17.7 Å². The van der Waals surface area contributed by atoms with E-state index in [-0.39, 0.29) is 4.90 Å². The highest BCUT2D eigenvalue weighted by molar-refractivity contribution is 7.89. The maximum absolute atomic E-state index is 12.2. The molecule has 0 aliphatic carbocycles. The summed E-state index contributed by atoms with van der Waals surface area (Å²) < 4.78 is 29.8. The topological polar surface area (TPSA) is 71.0 Å². The van der Waals surface area contributed by atoms with Gasteiger partial charge in [-0.3, -0.25) is 0 Å². The fourth-order valence-corrected chi connectivity index (χ4v) is 3.26. The largest absolute Gasteiger partial charge is 0.494 e. The molecule has 26 heavy (non-hydrogen) atoms. The Hall–Kier alpha value is -2.54. The van der Waals surface area contributed by atoms with Gasteiger partial charge in [-0.25, -0.2) is 4.83 Å². The van der Waals surface area contributed by atoms with Crippen molar-refractivity contribution >= 4 is 21.9 Å². The van der Waals surface area contributed by atoms with Crippen LogP contribution in [0, 0.1) is 0 Å². The van der Waals surface area contributed by atoms with E-state index in [0.717, 1.165) is 24.3 Å². The predicted molar refractivity (Wildman–Crippen MR) is 106 cm³/mol. The third-order valence-corrected chi connectivity index (χ3v) is 5.09. The van der Waals surface area contributed by atoms with Crippen molar-refractivity contribution in [3.63, 3.8) is 0 Å². The van der Waals surface area contributed by atoms with Crippen LogP contribution in [0.3, 0.4) is 0 Å². The number of anilines is 1. The van der Waals surface area contributed by atoms with Gasteiger partial charge in [0.25, 0.3) is 10.0 Å². The van der Waals surface area contributed by atoms with E-state index in [9.17, 15) is 8.42 Å². The summed E-state index contributed by atoms with van der Waals surface area (Å²) in [6.07, 6.45) is 1.48. The second-order valence-electron chi connectivity index (χ2n) is 5.52. The third kappa shape index (κ3) is 5.23. The molecule has 0 unspecified atom stereocenters. The lowest BCUT2D eigenvalue weighted by Crippen LogP contribution is -2.21. The fourth-order valence-electron chi connectivity index (χ4n) is 2.46. The van der Waals surface area contributed by atoms with Crippen molar-refractivity contribution < 1.29 is 13.2 Å². The molecule has 0 radical (unpaired) electrons. The van der Waals surface area contributed by atoms with Crippen LogP contribution >= 0.6 is 0 Å². The monoisotopic (exact) mass is 375 g/mol. The number of hydrogen-bond donors (Lipinski definition) is 1. The molecule has 0 heterocycles. The van der Waals surface area contributed by atoms with Gasteiger partial charge >= 0.3 is 0 Å². The molecule has 140 valence electrons. The summed E-state index contributed by atoms with van der Waals surface area (Å²) in [5.41, 5.74) is 1.94. The van der Waals surface area contributed by atoms with Crippen LogP contribution in [0.1, 0.15) is 26.3 Å². The van der Waals surface area contributed by atoms with Crippen LogP contribution in [-0.2, 0) is 10.0 Å². The second kappa shape index (κ2) is 9.24. The summed E-state index contributed by atoms with van der Waals surface area (Å²) in [6.45, 7) is 8.48. The van der Waals surface area contributed by atoms with Crippen LogP contribution in [0.2, 0.25) is 0 Å². The first-order valence-corrected chi connectivity index (χ1v) is 10.1. The minimum absolute atomic E-state index is 0.134. The zero-order chi connectivity index (χ0) is 19.0. The van der Waals surface area contributed by atoms with Gasteiger partial charge in [0, 0.05) is 18.8 Å². The molecule has 6 nitrogen and oxygen atoms in total. The summed E-state index contributed by atoms with van der Waals surface area (Å²) in [6, 6.07) is 14.0. The molecule has 0 bridgehead atoms. The van der Waals surface area contributed by atoms with Crippen molar-refractivity contribution in [1.82, 2.24) is 4.83 Å². The zero-order valence-corrected chi connectivity index (χ0v) is 16.2. The van der Waals surface area contributed by atoms with Gasteiger partial charge in [-0.1, -0.05) is 12.1 Å². The second-order valence-corrected chi connectivity index (χ2v) is 7.18. The molecule has 0 aliphatic rings. The normalized spacial score (nSPS) is 11.5. The summed E-state index contributed by atoms with van der Waals surface area (Å²) >= 11 is 0. The Labute approximate surface area is 155 Å². The first kappa shape index (κ1) is 19.8. The molecular weight excluding hydrogens is 350 g/mol. The van der Waals surface area contributed by atoms with E-state index in [2.05, 4.69) is 28.7 Å². The molecule has 0 amide bonds. The average molecular weight is 375 g/mol. The van der Waals surface area contributed by atoms with Crippen molar-refractivity contribution in [3.05, 3.63) is 54.1 Å². The van der Waals surface area contributed by atoms with Crippen LogP contribution in [0.15, 0.2) is 58.5 Å². The van der Waals surface area contributed by atoms with Crippen LogP contribution in [0.4, 0.5) is 5.69 Å². The maximum Gasteiger partial charge on any atom is 0.276 e. The highest BCUT2D eigenvalue weighted by Crippen LogP contribution is 2.16. The quantitative estimate of drug-likeness (QED) is 0.539. The first-order valence-electron chi connectivity index (χ1n) is 8.62. The summed E-state index contributed by atoms with van der Waals surface area (Å²) in [7, 11) is -3.70. The molecule has 0 fully saturated rings. The molecule has 0 aliphatic heterocycles. The first-order chi connectivity index (χ1) is 12.5. The molecule has 7 heteroatoms. The Balaban J connectivity index is 2.02. The van der Waals surface area contributed by atoms with E-state index in [1.807, 2.05) is 31.2 Å². The molecule has 2 aromatic carbocycles. The molecule has 0 atom stereocenters. The highest BCUT2D eigenvalue weighted by Gasteiger charge is 2.12. The van der Waals surface area contributed by atoms with Crippen molar-refractivity contribution in [2.75, 3.05) is 24.6 Å².